The largest absolute Gasteiger partial charge is 0.493 e. The molecule has 0 radical (unpaired) electrons. The molecule has 0 aliphatic carbocycles. The molecule has 1 amide bonds. The Labute approximate surface area is 185 Å². The van der Waals surface area contributed by atoms with Crippen molar-refractivity contribution >= 4 is 28.9 Å². The molecule has 3 aromatic rings. The van der Waals surface area contributed by atoms with Crippen molar-refractivity contribution in [3.05, 3.63) is 35.9 Å². The van der Waals surface area contributed by atoms with Gasteiger partial charge in [0.1, 0.15) is 5.52 Å². The van der Waals surface area contributed by atoms with Crippen molar-refractivity contribution in [3.8, 4) is 23.0 Å². The monoisotopic (exact) mass is 442 g/mol. The predicted molar refractivity (Wildman–Crippen MR) is 118 cm³/mol. The highest BCUT2D eigenvalue weighted by Crippen LogP contribution is 2.42. The molecule has 10 nitrogen and oxygen atoms in total. The molecular formula is C22H26N4O6. The summed E-state index contributed by atoms with van der Waals surface area (Å²) >= 11 is 0. The molecule has 0 bridgehead atoms. The van der Waals surface area contributed by atoms with Crippen LogP contribution in [0.1, 0.15) is 23.7 Å². The van der Waals surface area contributed by atoms with Gasteiger partial charge in [-0.1, -0.05) is 6.07 Å². The second-order valence-electron chi connectivity index (χ2n) is 6.78. The van der Waals surface area contributed by atoms with Crippen molar-refractivity contribution in [2.24, 2.45) is 7.05 Å². The zero-order chi connectivity index (χ0) is 23.3. The Bertz CT molecular complexity index is 1120. The van der Waals surface area contributed by atoms with Gasteiger partial charge in [0.15, 0.2) is 17.2 Å². The number of fused-ring (bicyclic) bond motifs is 1. The normalized spacial score (nSPS) is 10.6. The number of nitrogens with two attached hydrogens (primary N) is 1. The van der Waals surface area contributed by atoms with Crippen molar-refractivity contribution in [2.75, 3.05) is 33.1 Å². The molecule has 0 spiro atoms. The highest BCUT2D eigenvalue weighted by atomic mass is 16.5. The molecule has 10 heteroatoms. The maximum Gasteiger partial charge on any atom is 0.307 e. The number of nitrogens with one attached hydrogen (secondary N) is 1. The molecule has 0 saturated heterocycles. The quantitative estimate of drug-likeness (QED) is 0.484. The van der Waals surface area contributed by atoms with Crippen LogP contribution in [0.15, 0.2) is 30.3 Å². The number of rotatable bonds is 9. The number of anilines is 1. The molecule has 2 aromatic carbocycles. The van der Waals surface area contributed by atoms with E-state index in [0.717, 1.165) is 5.52 Å². The highest BCUT2D eigenvalue weighted by Gasteiger charge is 2.20. The predicted octanol–water partition coefficient (Wildman–Crippen LogP) is 2.65. The smallest absolute Gasteiger partial charge is 0.307 e. The number of aromatic nitrogens is 2. The minimum absolute atomic E-state index is 0.0757. The van der Waals surface area contributed by atoms with Gasteiger partial charge >= 0.3 is 5.97 Å². The van der Waals surface area contributed by atoms with Gasteiger partial charge in [0.25, 0.3) is 5.91 Å². The van der Waals surface area contributed by atoms with Gasteiger partial charge < -0.3 is 34.6 Å². The molecule has 1 heterocycles. The van der Waals surface area contributed by atoms with Gasteiger partial charge in [0.2, 0.25) is 11.7 Å². The molecule has 0 saturated carbocycles. The number of carbonyl (C=O) groups excluding carboxylic acids is 2. The lowest BCUT2D eigenvalue weighted by Gasteiger charge is -2.16. The first kappa shape index (κ1) is 22.7. The van der Waals surface area contributed by atoms with Crippen LogP contribution in [-0.4, -0.2) is 48.8 Å². The fourth-order valence-electron chi connectivity index (χ4n) is 3.12. The van der Waals surface area contributed by atoms with Crippen molar-refractivity contribution < 1.29 is 28.5 Å². The van der Waals surface area contributed by atoms with Crippen molar-refractivity contribution in [2.45, 2.75) is 13.3 Å². The molecule has 0 fully saturated rings. The van der Waals surface area contributed by atoms with Gasteiger partial charge in [0.05, 0.1) is 32.8 Å². The molecule has 170 valence electrons. The summed E-state index contributed by atoms with van der Waals surface area (Å²) in [5, 5.41) is 2.67. The van der Waals surface area contributed by atoms with E-state index in [1.54, 1.807) is 17.6 Å². The Kier molecular flexibility index (Phi) is 7.04. The summed E-state index contributed by atoms with van der Waals surface area (Å²) in [6.07, 6.45) is 0.0757. The molecule has 3 rings (SSSR count). The average molecular weight is 442 g/mol. The first-order chi connectivity index (χ1) is 15.4. The van der Waals surface area contributed by atoms with Gasteiger partial charge in [-0.15, -0.1) is 0 Å². The third-order valence-electron chi connectivity index (χ3n) is 4.76. The molecule has 0 atom stereocenters. The van der Waals surface area contributed by atoms with E-state index >= 15 is 0 Å². The Morgan fingerprint density at radius 3 is 2.44 bits per heavy atom. The number of benzene rings is 2. The van der Waals surface area contributed by atoms with E-state index < -0.39 is 5.91 Å². The number of esters is 1. The van der Waals surface area contributed by atoms with Gasteiger partial charge in [-0.2, -0.15) is 0 Å². The molecular weight excluding hydrogens is 416 g/mol. The fraction of sp³-hybridized carbons (Fsp3) is 0.318. The van der Waals surface area contributed by atoms with E-state index in [1.807, 2.05) is 19.2 Å². The first-order valence-corrected chi connectivity index (χ1v) is 9.98. The van der Waals surface area contributed by atoms with Crippen LogP contribution in [0.25, 0.3) is 11.0 Å². The second kappa shape index (κ2) is 9.90. The molecule has 0 aliphatic heterocycles. The molecule has 0 unspecified atom stereocenters. The lowest BCUT2D eigenvalue weighted by atomic mass is 10.1. The Hall–Kier alpha value is -3.95. The van der Waals surface area contributed by atoms with Crippen LogP contribution < -0.4 is 25.3 Å². The molecule has 1 aromatic heterocycles. The number of imidazole rings is 1. The summed E-state index contributed by atoms with van der Waals surface area (Å²) in [6, 6.07) is 8.52. The van der Waals surface area contributed by atoms with Crippen LogP contribution in [0, 0.1) is 0 Å². The topological polar surface area (TPSA) is 127 Å². The van der Waals surface area contributed by atoms with Gasteiger partial charge in [-0.25, -0.2) is 4.98 Å². The van der Waals surface area contributed by atoms with Gasteiger partial charge in [0, 0.05) is 19.2 Å². The minimum Gasteiger partial charge on any atom is -0.493 e. The van der Waals surface area contributed by atoms with Crippen LogP contribution >= 0.6 is 0 Å². The zero-order valence-electron chi connectivity index (χ0n) is 18.4. The summed E-state index contributed by atoms with van der Waals surface area (Å²) in [7, 11) is 4.73. The highest BCUT2D eigenvalue weighted by molar-refractivity contribution is 5.96. The average Bonchev–Trinajstić information content (AvgIpc) is 3.08. The van der Waals surface area contributed by atoms with Crippen LogP contribution in [-0.2, 0) is 16.6 Å². The molecule has 32 heavy (non-hydrogen) atoms. The van der Waals surface area contributed by atoms with Crippen LogP contribution in [0.4, 0.5) is 5.95 Å². The Balaban J connectivity index is 1.87. The first-order valence-electron chi connectivity index (χ1n) is 9.98. The lowest BCUT2D eigenvalue weighted by molar-refractivity contribution is -0.142. The van der Waals surface area contributed by atoms with Gasteiger partial charge in [-0.05, 0) is 31.2 Å². The maximum atomic E-state index is 12.6. The third kappa shape index (κ3) is 4.69. The number of carbonyl (C=O) groups is 2. The number of nitrogen functional groups attached to an aromatic ring is 1. The van der Waals surface area contributed by atoms with E-state index in [2.05, 4.69) is 10.3 Å². The van der Waals surface area contributed by atoms with E-state index in [-0.39, 0.29) is 30.2 Å². The van der Waals surface area contributed by atoms with Crippen LogP contribution in [0.5, 0.6) is 23.0 Å². The number of hydrogen-bond donors (Lipinski definition) is 2. The second-order valence-corrected chi connectivity index (χ2v) is 6.78. The van der Waals surface area contributed by atoms with E-state index in [4.69, 9.17) is 24.7 Å². The number of methoxy groups -OCH3 is 2. The number of aryl methyl sites for hydroxylation is 1. The minimum atomic E-state index is -0.392. The standard InChI is InChI=1S/C22H26N4O6/c1-5-31-18(27)9-10-24-21(28)13-11-16(29-3)20(17(12-13)30-4)32-15-8-6-7-14-19(15)25-22(23)26(14)2/h6-8,11-12H,5,9-10H2,1-4H3,(H2,23,25)(H,24,28). The summed E-state index contributed by atoms with van der Waals surface area (Å²) in [4.78, 5) is 28.4. The summed E-state index contributed by atoms with van der Waals surface area (Å²) in [6.45, 7) is 2.16. The summed E-state index contributed by atoms with van der Waals surface area (Å²) < 4.78 is 23.6. The Morgan fingerprint density at radius 1 is 1.12 bits per heavy atom. The number of amides is 1. The zero-order valence-corrected chi connectivity index (χ0v) is 18.4. The number of nitrogens with zero attached hydrogens (tertiary/aromatic N) is 2. The number of para-hydroxylation sites is 1. The molecule has 3 N–H and O–H groups in total. The fourth-order valence-corrected chi connectivity index (χ4v) is 3.12. The molecule has 0 aliphatic rings. The van der Waals surface area contributed by atoms with E-state index in [9.17, 15) is 9.59 Å². The SMILES string of the molecule is CCOC(=O)CCNC(=O)c1cc(OC)c(Oc2cccc3c2nc(N)n3C)c(OC)c1. The number of hydrogen-bond acceptors (Lipinski definition) is 8. The van der Waals surface area contributed by atoms with Crippen molar-refractivity contribution in [1.82, 2.24) is 14.9 Å². The van der Waals surface area contributed by atoms with Gasteiger partial charge in [-0.3, -0.25) is 9.59 Å². The maximum absolute atomic E-state index is 12.6. The summed E-state index contributed by atoms with van der Waals surface area (Å²) in [5.74, 6) is 0.910. The lowest BCUT2D eigenvalue weighted by Crippen LogP contribution is -2.26. The van der Waals surface area contributed by atoms with Crippen molar-refractivity contribution in [1.29, 1.82) is 0 Å². The number of ether oxygens (including phenoxy) is 4. The van der Waals surface area contributed by atoms with E-state index in [1.165, 1.54) is 26.4 Å². The van der Waals surface area contributed by atoms with Crippen molar-refractivity contribution in [3.63, 3.8) is 0 Å². The third-order valence-corrected chi connectivity index (χ3v) is 4.76. The van der Waals surface area contributed by atoms with Crippen LogP contribution in [0.3, 0.4) is 0 Å². The van der Waals surface area contributed by atoms with Crippen LogP contribution in [0.2, 0.25) is 0 Å². The summed E-state index contributed by atoms with van der Waals surface area (Å²) in [5.41, 5.74) is 7.60. The van der Waals surface area contributed by atoms with E-state index in [0.29, 0.717) is 35.3 Å². The Morgan fingerprint density at radius 2 is 1.81 bits per heavy atom.